The van der Waals surface area contributed by atoms with Gasteiger partial charge in [-0.05, 0) is 91.2 Å². The molecule has 0 fully saturated rings. The Bertz CT molecular complexity index is 1090. The number of nitrogens with one attached hydrogen (secondary N) is 2. The van der Waals surface area contributed by atoms with Crippen molar-refractivity contribution in [2.24, 2.45) is 5.10 Å². The van der Waals surface area contributed by atoms with Crippen molar-refractivity contribution in [1.29, 1.82) is 0 Å². The first-order valence-corrected chi connectivity index (χ1v) is 10.4. The second kappa shape index (κ2) is 10.5. The maximum absolute atomic E-state index is 12.1. The molecule has 0 radical (unpaired) electrons. The van der Waals surface area contributed by atoms with Crippen LogP contribution in [0, 0.1) is 13.8 Å². The van der Waals surface area contributed by atoms with E-state index in [2.05, 4.69) is 31.8 Å². The number of hydrogen-bond acceptors (Lipinski definition) is 4. The summed E-state index contributed by atoms with van der Waals surface area (Å²) in [6.45, 7) is 3.93. The number of carbonyl (C=O) groups is 2. The third kappa shape index (κ3) is 6.79. The Hall–Kier alpha value is -3.45. The molecule has 3 rings (SSSR count). The van der Waals surface area contributed by atoms with Crippen LogP contribution < -0.4 is 15.5 Å². The number of aryl methyl sites for hydroxylation is 2. The van der Waals surface area contributed by atoms with Crippen molar-refractivity contribution in [3.8, 4) is 5.75 Å². The lowest BCUT2D eigenvalue weighted by atomic mass is 10.1. The number of benzene rings is 3. The molecule has 3 aromatic rings. The van der Waals surface area contributed by atoms with Crippen LogP contribution >= 0.6 is 15.9 Å². The summed E-state index contributed by atoms with van der Waals surface area (Å²) in [7, 11) is 0. The summed E-state index contributed by atoms with van der Waals surface area (Å²) in [5.74, 6) is 0.0364. The molecule has 0 bridgehead atoms. The first-order valence-electron chi connectivity index (χ1n) is 9.59. The van der Waals surface area contributed by atoms with E-state index in [1.54, 1.807) is 48.5 Å². The zero-order chi connectivity index (χ0) is 22.2. The van der Waals surface area contributed by atoms with Crippen LogP contribution in [0.2, 0.25) is 0 Å². The smallest absolute Gasteiger partial charge is 0.271 e. The van der Waals surface area contributed by atoms with Gasteiger partial charge in [-0.2, -0.15) is 5.10 Å². The third-order valence-electron chi connectivity index (χ3n) is 4.53. The van der Waals surface area contributed by atoms with Crippen molar-refractivity contribution in [1.82, 2.24) is 5.43 Å². The topological polar surface area (TPSA) is 79.8 Å². The summed E-state index contributed by atoms with van der Waals surface area (Å²) in [6.07, 6.45) is 1.53. The molecule has 0 aliphatic rings. The van der Waals surface area contributed by atoms with E-state index >= 15 is 0 Å². The first kappa shape index (κ1) is 22.2. The van der Waals surface area contributed by atoms with Gasteiger partial charge in [0.25, 0.3) is 11.8 Å². The summed E-state index contributed by atoms with van der Waals surface area (Å²) < 4.78 is 6.43. The van der Waals surface area contributed by atoms with Crippen molar-refractivity contribution < 1.29 is 14.3 Å². The molecule has 2 amide bonds. The van der Waals surface area contributed by atoms with E-state index < -0.39 is 0 Å². The fourth-order valence-corrected chi connectivity index (χ4v) is 2.91. The van der Waals surface area contributed by atoms with Gasteiger partial charge in [-0.25, -0.2) is 5.43 Å². The highest BCUT2D eigenvalue weighted by atomic mass is 79.9. The van der Waals surface area contributed by atoms with E-state index in [9.17, 15) is 9.59 Å². The Labute approximate surface area is 189 Å². The normalized spacial score (nSPS) is 10.7. The monoisotopic (exact) mass is 479 g/mol. The largest absolute Gasteiger partial charge is 0.484 e. The van der Waals surface area contributed by atoms with Crippen LogP contribution in [0.5, 0.6) is 5.75 Å². The summed E-state index contributed by atoms with van der Waals surface area (Å²) >= 11 is 3.33. The summed E-state index contributed by atoms with van der Waals surface area (Å²) in [6, 6.07) is 19.8. The molecule has 7 heteroatoms. The van der Waals surface area contributed by atoms with Gasteiger partial charge in [-0.1, -0.05) is 22.0 Å². The van der Waals surface area contributed by atoms with Gasteiger partial charge >= 0.3 is 0 Å². The first-order chi connectivity index (χ1) is 14.9. The minimum Gasteiger partial charge on any atom is -0.484 e. The molecule has 0 aliphatic carbocycles. The van der Waals surface area contributed by atoms with Crippen LogP contribution in [0.4, 0.5) is 5.69 Å². The minimum absolute atomic E-state index is 0.0936. The van der Waals surface area contributed by atoms with Gasteiger partial charge in [0.05, 0.1) is 6.21 Å². The number of hydrazone groups is 1. The summed E-state index contributed by atoms with van der Waals surface area (Å²) in [5.41, 5.74) is 6.81. The van der Waals surface area contributed by atoms with E-state index in [1.165, 1.54) is 11.8 Å². The Kier molecular flexibility index (Phi) is 7.56. The van der Waals surface area contributed by atoms with E-state index in [0.29, 0.717) is 11.3 Å². The molecular weight excluding hydrogens is 458 g/mol. The van der Waals surface area contributed by atoms with Crippen LogP contribution in [0.25, 0.3) is 0 Å². The van der Waals surface area contributed by atoms with Gasteiger partial charge < -0.3 is 10.1 Å². The molecule has 158 valence electrons. The van der Waals surface area contributed by atoms with Gasteiger partial charge in [-0.15, -0.1) is 0 Å². The molecule has 0 unspecified atom stereocenters. The van der Waals surface area contributed by atoms with Crippen molar-refractivity contribution in [3.63, 3.8) is 0 Å². The lowest BCUT2D eigenvalue weighted by Gasteiger charge is -2.09. The Balaban J connectivity index is 1.46. The Morgan fingerprint density at radius 3 is 2.35 bits per heavy atom. The molecule has 0 spiro atoms. The van der Waals surface area contributed by atoms with E-state index in [4.69, 9.17) is 4.74 Å². The zero-order valence-electron chi connectivity index (χ0n) is 17.2. The maximum atomic E-state index is 12.1. The lowest BCUT2D eigenvalue weighted by Crippen LogP contribution is -2.20. The number of hydrogen-bond donors (Lipinski definition) is 2. The van der Waals surface area contributed by atoms with Gasteiger partial charge in [0.15, 0.2) is 6.61 Å². The highest BCUT2D eigenvalue weighted by molar-refractivity contribution is 9.10. The predicted molar refractivity (Wildman–Crippen MR) is 126 cm³/mol. The molecule has 0 atom stereocenters. The van der Waals surface area contributed by atoms with Gasteiger partial charge in [0, 0.05) is 15.7 Å². The quantitative estimate of drug-likeness (QED) is 0.375. The van der Waals surface area contributed by atoms with Crippen LogP contribution in [0.1, 0.15) is 27.0 Å². The van der Waals surface area contributed by atoms with Crippen molar-refractivity contribution in [2.75, 3.05) is 11.9 Å². The standard InChI is InChI=1S/C24H22BrN3O3/c1-16-3-10-21(13-17(16)2)27-23(29)15-31-22-11-4-18(5-12-22)14-26-28-24(30)19-6-8-20(25)9-7-19/h3-14H,15H2,1-2H3,(H,27,29)(H,28,30)/b26-14+. The molecule has 3 aromatic carbocycles. The highest BCUT2D eigenvalue weighted by Gasteiger charge is 2.05. The van der Waals surface area contributed by atoms with Crippen molar-refractivity contribution in [3.05, 3.63) is 93.5 Å². The average molecular weight is 480 g/mol. The van der Waals surface area contributed by atoms with Gasteiger partial charge in [-0.3, -0.25) is 9.59 Å². The fourth-order valence-electron chi connectivity index (χ4n) is 2.65. The van der Waals surface area contributed by atoms with Crippen LogP contribution in [-0.4, -0.2) is 24.6 Å². The summed E-state index contributed by atoms with van der Waals surface area (Å²) in [5, 5.41) is 6.78. The molecule has 6 nitrogen and oxygen atoms in total. The van der Waals surface area contributed by atoms with Crippen molar-refractivity contribution >= 4 is 39.6 Å². The SMILES string of the molecule is Cc1ccc(NC(=O)COc2ccc(/C=N/NC(=O)c3ccc(Br)cc3)cc2)cc1C. The fraction of sp³-hybridized carbons (Fsp3) is 0.125. The molecule has 0 aliphatic heterocycles. The second-order valence-corrected chi connectivity index (χ2v) is 7.83. The molecule has 0 heterocycles. The highest BCUT2D eigenvalue weighted by Crippen LogP contribution is 2.15. The molecule has 0 saturated carbocycles. The predicted octanol–water partition coefficient (Wildman–Crippen LogP) is 4.85. The number of amides is 2. The van der Waals surface area contributed by atoms with E-state index in [1.807, 2.05) is 32.0 Å². The number of nitrogens with zero attached hydrogens (tertiary/aromatic N) is 1. The summed E-state index contributed by atoms with van der Waals surface area (Å²) in [4.78, 5) is 24.1. The van der Waals surface area contributed by atoms with Gasteiger partial charge in [0.2, 0.25) is 0 Å². The number of anilines is 1. The number of rotatable bonds is 7. The van der Waals surface area contributed by atoms with E-state index in [0.717, 1.165) is 21.3 Å². The Morgan fingerprint density at radius 2 is 1.68 bits per heavy atom. The van der Waals surface area contributed by atoms with Crippen LogP contribution in [-0.2, 0) is 4.79 Å². The number of ether oxygens (including phenoxy) is 1. The minimum atomic E-state index is -0.293. The molecular formula is C24H22BrN3O3. The molecule has 2 N–H and O–H groups in total. The number of carbonyl (C=O) groups excluding carboxylic acids is 2. The molecule has 0 saturated heterocycles. The number of halogens is 1. The van der Waals surface area contributed by atoms with E-state index in [-0.39, 0.29) is 18.4 Å². The van der Waals surface area contributed by atoms with Crippen molar-refractivity contribution in [2.45, 2.75) is 13.8 Å². The van der Waals surface area contributed by atoms with Gasteiger partial charge in [0.1, 0.15) is 5.75 Å². The molecule has 31 heavy (non-hydrogen) atoms. The third-order valence-corrected chi connectivity index (χ3v) is 5.06. The average Bonchev–Trinajstić information content (AvgIpc) is 2.76. The molecule has 0 aromatic heterocycles. The zero-order valence-corrected chi connectivity index (χ0v) is 18.8. The second-order valence-electron chi connectivity index (χ2n) is 6.91. The van der Waals surface area contributed by atoms with Crippen LogP contribution in [0.15, 0.2) is 76.3 Å². The Morgan fingerprint density at radius 1 is 0.968 bits per heavy atom. The lowest BCUT2D eigenvalue weighted by molar-refractivity contribution is -0.118. The maximum Gasteiger partial charge on any atom is 0.271 e. The van der Waals surface area contributed by atoms with Crippen LogP contribution in [0.3, 0.4) is 0 Å².